The van der Waals surface area contributed by atoms with Crippen molar-refractivity contribution >= 4 is 53.6 Å². The fourth-order valence-corrected chi connectivity index (χ4v) is 3.32. The lowest BCUT2D eigenvalue weighted by atomic mass is 10.0. The Labute approximate surface area is 135 Å². The highest BCUT2D eigenvalue weighted by atomic mass is 79.9. The standard InChI is InChI=1S/C14H8Br3FO/c15-9-1-3-11(13(17)7-9)14(19)6-8-5-10(18)2-4-12(8)16/h1-5,7H,6H2. The molecule has 0 amide bonds. The third-order valence-corrected chi connectivity index (χ3v) is 4.51. The van der Waals surface area contributed by atoms with Crippen molar-refractivity contribution in [3.05, 3.63) is 66.8 Å². The molecule has 0 unspecified atom stereocenters. The van der Waals surface area contributed by atoms with Crippen LogP contribution in [0.1, 0.15) is 15.9 Å². The number of ketones is 1. The summed E-state index contributed by atoms with van der Waals surface area (Å²) in [6.07, 6.45) is 0.151. The molecule has 0 atom stereocenters. The molecular formula is C14H8Br3FO. The zero-order valence-electron chi connectivity index (χ0n) is 9.59. The maximum absolute atomic E-state index is 13.2. The number of hydrogen-bond acceptors (Lipinski definition) is 1. The molecule has 0 N–H and O–H groups in total. The van der Waals surface area contributed by atoms with Crippen LogP contribution in [-0.4, -0.2) is 5.78 Å². The minimum Gasteiger partial charge on any atom is -0.294 e. The molecule has 0 bridgehead atoms. The van der Waals surface area contributed by atoms with Crippen LogP contribution in [0.4, 0.5) is 4.39 Å². The number of hydrogen-bond donors (Lipinski definition) is 0. The van der Waals surface area contributed by atoms with Crippen molar-refractivity contribution in [2.75, 3.05) is 0 Å². The third kappa shape index (κ3) is 3.74. The summed E-state index contributed by atoms with van der Waals surface area (Å²) < 4.78 is 15.5. The molecule has 0 radical (unpaired) electrons. The Hall–Kier alpha value is -0.520. The zero-order chi connectivity index (χ0) is 14.0. The second-order valence-electron chi connectivity index (χ2n) is 3.96. The molecule has 0 fully saturated rings. The quantitative estimate of drug-likeness (QED) is 0.561. The van der Waals surface area contributed by atoms with Gasteiger partial charge in [-0.1, -0.05) is 47.8 Å². The molecule has 5 heteroatoms. The summed E-state index contributed by atoms with van der Waals surface area (Å²) in [5, 5.41) is 0. The lowest BCUT2D eigenvalue weighted by Crippen LogP contribution is -2.05. The highest BCUT2D eigenvalue weighted by Crippen LogP contribution is 2.25. The van der Waals surface area contributed by atoms with Gasteiger partial charge in [0.05, 0.1) is 0 Å². The fourth-order valence-electron chi connectivity index (χ4n) is 1.66. The van der Waals surface area contributed by atoms with Crippen LogP contribution in [0, 0.1) is 5.82 Å². The van der Waals surface area contributed by atoms with E-state index in [0.717, 1.165) is 13.4 Å². The maximum Gasteiger partial charge on any atom is 0.168 e. The van der Waals surface area contributed by atoms with E-state index in [2.05, 4.69) is 47.8 Å². The third-order valence-electron chi connectivity index (χ3n) is 2.59. The number of carbonyl (C=O) groups excluding carboxylic acids is 1. The molecule has 0 spiro atoms. The number of rotatable bonds is 3. The van der Waals surface area contributed by atoms with Crippen LogP contribution < -0.4 is 0 Å². The van der Waals surface area contributed by atoms with Gasteiger partial charge in [0.1, 0.15) is 5.82 Å². The molecule has 0 saturated heterocycles. The molecule has 0 heterocycles. The molecule has 0 aromatic heterocycles. The number of Topliss-reactive ketones (excluding diaryl/α,β-unsaturated/α-hetero) is 1. The maximum atomic E-state index is 13.2. The molecule has 98 valence electrons. The summed E-state index contributed by atoms with van der Waals surface area (Å²) in [7, 11) is 0. The average molecular weight is 451 g/mol. The van der Waals surface area contributed by atoms with E-state index < -0.39 is 0 Å². The summed E-state index contributed by atoms with van der Waals surface area (Å²) in [6.45, 7) is 0. The van der Waals surface area contributed by atoms with Gasteiger partial charge in [-0.2, -0.15) is 0 Å². The number of carbonyl (C=O) groups is 1. The van der Waals surface area contributed by atoms with E-state index in [1.165, 1.54) is 12.1 Å². The second kappa shape index (κ2) is 6.29. The molecule has 19 heavy (non-hydrogen) atoms. The van der Waals surface area contributed by atoms with E-state index in [-0.39, 0.29) is 18.0 Å². The second-order valence-corrected chi connectivity index (χ2v) is 6.58. The topological polar surface area (TPSA) is 17.1 Å². The Bertz CT molecular complexity index is 641. The molecule has 1 nitrogen and oxygen atoms in total. The molecule has 2 aromatic carbocycles. The lowest BCUT2D eigenvalue weighted by Gasteiger charge is -2.06. The largest absolute Gasteiger partial charge is 0.294 e. The Morgan fingerprint density at radius 3 is 2.42 bits per heavy atom. The highest BCUT2D eigenvalue weighted by molar-refractivity contribution is 9.11. The molecule has 0 aliphatic carbocycles. The Morgan fingerprint density at radius 2 is 1.74 bits per heavy atom. The predicted octanol–water partition coefficient (Wildman–Crippen LogP) is 5.54. The number of benzene rings is 2. The summed E-state index contributed by atoms with van der Waals surface area (Å²) in [5.74, 6) is -0.411. The van der Waals surface area contributed by atoms with Crippen molar-refractivity contribution in [3.8, 4) is 0 Å². The van der Waals surface area contributed by atoms with E-state index in [9.17, 15) is 9.18 Å². The number of halogens is 4. The lowest BCUT2D eigenvalue weighted by molar-refractivity contribution is 0.0992. The first-order valence-corrected chi connectivity index (χ1v) is 7.77. The van der Waals surface area contributed by atoms with Crippen LogP contribution in [0.2, 0.25) is 0 Å². The van der Waals surface area contributed by atoms with Crippen molar-refractivity contribution in [2.24, 2.45) is 0 Å². The smallest absolute Gasteiger partial charge is 0.168 e. The van der Waals surface area contributed by atoms with Crippen molar-refractivity contribution in [3.63, 3.8) is 0 Å². The van der Waals surface area contributed by atoms with E-state index in [0.29, 0.717) is 11.1 Å². The van der Waals surface area contributed by atoms with Crippen LogP contribution >= 0.6 is 47.8 Å². The summed E-state index contributed by atoms with van der Waals surface area (Å²) >= 11 is 10.0. The van der Waals surface area contributed by atoms with Gasteiger partial charge in [-0.15, -0.1) is 0 Å². The molecule has 2 aromatic rings. The molecule has 0 saturated carbocycles. The molecule has 2 rings (SSSR count). The van der Waals surface area contributed by atoms with Gasteiger partial charge in [-0.3, -0.25) is 4.79 Å². The van der Waals surface area contributed by atoms with Gasteiger partial charge in [0.15, 0.2) is 5.78 Å². The molecule has 0 aliphatic heterocycles. The van der Waals surface area contributed by atoms with Crippen molar-refractivity contribution in [1.29, 1.82) is 0 Å². The summed E-state index contributed by atoms with van der Waals surface area (Å²) in [4.78, 5) is 12.2. The van der Waals surface area contributed by atoms with Gasteiger partial charge in [0, 0.05) is 25.4 Å². The van der Waals surface area contributed by atoms with Gasteiger partial charge < -0.3 is 0 Å². The van der Waals surface area contributed by atoms with Gasteiger partial charge in [-0.05, 0) is 42.0 Å². The zero-order valence-corrected chi connectivity index (χ0v) is 14.3. The van der Waals surface area contributed by atoms with Crippen molar-refractivity contribution in [1.82, 2.24) is 0 Å². The Morgan fingerprint density at radius 1 is 1.00 bits per heavy atom. The van der Waals surface area contributed by atoms with Crippen molar-refractivity contribution < 1.29 is 9.18 Å². The average Bonchev–Trinajstić information content (AvgIpc) is 2.33. The van der Waals surface area contributed by atoms with Crippen LogP contribution in [-0.2, 0) is 6.42 Å². The Kier molecular flexibility index (Phi) is 4.92. The van der Waals surface area contributed by atoms with Crippen LogP contribution in [0.3, 0.4) is 0 Å². The minimum atomic E-state index is -0.346. The van der Waals surface area contributed by atoms with Gasteiger partial charge >= 0.3 is 0 Å². The predicted molar refractivity (Wildman–Crippen MR) is 84.0 cm³/mol. The van der Waals surface area contributed by atoms with Gasteiger partial charge in [0.25, 0.3) is 0 Å². The fraction of sp³-hybridized carbons (Fsp3) is 0.0714. The van der Waals surface area contributed by atoms with Crippen LogP contribution in [0.5, 0.6) is 0 Å². The first kappa shape index (κ1) is 14.9. The first-order chi connectivity index (χ1) is 8.97. The monoisotopic (exact) mass is 448 g/mol. The van der Waals surface area contributed by atoms with Crippen molar-refractivity contribution in [2.45, 2.75) is 6.42 Å². The van der Waals surface area contributed by atoms with Gasteiger partial charge in [0.2, 0.25) is 0 Å². The van der Waals surface area contributed by atoms with Gasteiger partial charge in [-0.25, -0.2) is 4.39 Å². The van der Waals surface area contributed by atoms with E-state index in [1.54, 1.807) is 18.2 Å². The summed E-state index contributed by atoms with van der Waals surface area (Å²) in [6, 6.07) is 9.69. The van der Waals surface area contributed by atoms with E-state index in [4.69, 9.17) is 0 Å². The minimum absolute atomic E-state index is 0.0642. The first-order valence-electron chi connectivity index (χ1n) is 5.39. The highest BCUT2D eigenvalue weighted by Gasteiger charge is 2.13. The normalized spacial score (nSPS) is 10.5. The molecule has 0 aliphatic rings. The Balaban J connectivity index is 2.28. The SMILES string of the molecule is O=C(Cc1cc(F)ccc1Br)c1ccc(Br)cc1Br. The summed E-state index contributed by atoms with van der Waals surface area (Å²) in [5.41, 5.74) is 1.22. The van der Waals surface area contributed by atoms with E-state index in [1.807, 2.05) is 6.07 Å². The molecular weight excluding hydrogens is 443 g/mol. The van der Waals surface area contributed by atoms with Crippen LogP contribution in [0.25, 0.3) is 0 Å². The van der Waals surface area contributed by atoms with Crippen LogP contribution in [0.15, 0.2) is 49.8 Å². The van der Waals surface area contributed by atoms with E-state index >= 15 is 0 Å².